The first-order valence-electron chi connectivity index (χ1n) is 4.23. The van der Waals surface area contributed by atoms with Crippen LogP contribution in [0.3, 0.4) is 0 Å². The van der Waals surface area contributed by atoms with Crippen LogP contribution in [0.25, 0.3) is 0 Å². The second kappa shape index (κ2) is 4.80. The van der Waals surface area contributed by atoms with Gasteiger partial charge in [0.05, 0.1) is 10.8 Å². The highest BCUT2D eigenvalue weighted by molar-refractivity contribution is 7.90. The van der Waals surface area contributed by atoms with E-state index in [2.05, 4.69) is 4.99 Å². The van der Waals surface area contributed by atoms with Gasteiger partial charge in [0.15, 0.2) is 9.84 Å². The normalized spacial score (nSPS) is 12.8. The highest BCUT2D eigenvalue weighted by atomic mass is 35.5. The number of amidine groups is 1. The minimum atomic E-state index is -3.42. The molecule has 16 heavy (non-hydrogen) atoms. The van der Waals surface area contributed by atoms with E-state index in [0.29, 0.717) is 0 Å². The first kappa shape index (κ1) is 12.9. The van der Waals surface area contributed by atoms with Crippen molar-refractivity contribution < 1.29 is 12.8 Å². The molecule has 0 amide bonds. The van der Waals surface area contributed by atoms with Crippen molar-refractivity contribution in [1.29, 1.82) is 0 Å². The van der Waals surface area contributed by atoms with E-state index < -0.39 is 15.7 Å². The van der Waals surface area contributed by atoms with Crippen LogP contribution in [0.2, 0.25) is 0 Å². The molecular weight excluding hydrogens is 255 g/mol. The lowest BCUT2D eigenvalue weighted by Crippen LogP contribution is -2.12. The maximum absolute atomic E-state index is 13.4. The van der Waals surface area contributed by atoms with E-state index in [1.165, 1.54) is 12.1 Å². The summed E-state index contributed by atoms with van der Waals surface area (Å²) in [5.74, 6) is -0.712. The number of sulfone groups is 1. The Morgan fingerprint density at radius 3 is 2.62 bits per heavy atom. The van der Waals surface area contributed by atoms with E-state index in [9.17, 15) is 12.8 Å². The second-order valence-electron chi connectivity index (χ2n) is 3.12. The smallest absolute Gasteiger partial charge is 0.175 e. The van der Waals surface area contributed by atoms with Crippen LogP contribution in [0.5, 0.6) is 0 Å². The Morgan fingerprint density at radius 2 is 2.19 bits per heavy atom. The third-order valence-corrected chi connectivity index (χ3v) is 3.13. The highest BCUT2D eigenvalue weighted by Crippen LogP contribution is 2.21. The van der Waals surface area contributed by atoms with Crippen LogP contribution in [0.1, 0.15) is 0 Å². The number of hydrogen-bond acceptors (Lipinski definition) is 3. The monoisotopic (exact) mass is 264 g/mol. The number of nitrogens with zero attached hydrogens (tertiary/aromatic N) is 1. The fraction of sp³-hybridized carbons (Fsp3) is 0.222. The summed E-state index contributed by atoms with van der Waals surface area (Å²) in [5, 5.41) is 0. The molecule has 0 spiro atoms. The van der Waals surface area contributed by atoms with Gasteiger partial charge < -0.3 is 5.73 Å². The molecule has 0 bridgehead atoms. The number of hydrogen-bond donors (Lipinski definition) is 1. The first-order chi connectivity index (χ1) is 7.34. The predicted octanol–water partition coefficient (Wildman–Crippen LogP) is 1.46. The van der Waals surface area contributed by atoms with E-state index in [1.807, 2.05) is 0 Å². The lowest BCUT2D eigenvalue weighted by atomic mass is 10.3. The zero-order valence-electron chi connectivity index (χ0n) is 8.44. The quantitative estimate of drug-likeness (QED) is 0.510. The van der Waals surface area contributed by atoms with Gasteiger partial charge in [0.2, 0.25) is 0 Å². The SMILES string of the molecule is CS(=O)(=O)c1ccc(N=C(N)CCl)c(F)c1. The summed E-state index contributed by atoms with van der Waals surface area (Å²) in [5.41, 5.74) is 5.29. The lowest BCUT2D eigenvalue weighted by Gasteiger charge is -2.01. The molecular formula is C9H10ClFN2O2S. The lowest BCUT2D eigenvalue weighted by molar-refractivity contribution is 0.596. The van der Waals surface area contributed by atoms with Gasteiger partial charge in [-0.2, -0.15) is 0 Å². The predicted molar refractivity (Wildman–Crippen MR) is 61.5 cm³/mol. The summed E-state index contributed by atoms with van der Waals surface area (Å²) in [6.07, 6.45) is 0.998. The third kappa shape index (κ3) is 3.18. The number of halogens is 2. The minimum Gasteiger partial charge on any atom is -0.386 e. The molecule has 0 aliphatic rings. The van der Waals surface area contributed by atoms with Gasteiger partial charge in [-0.15, -0.1) is 11.6 Å². The molecule has 0 atom stereocenters. The van der Waals surface area contributed by atoms with Crippen molar-refractivity contribution in [2.24, 2.45) is 10.7 Å². The second-order valence-corrected chi connectivity index (χ2v) is 5.41. The maximum atomic E-state index is 13.4. The molecule has 2 N–H and O–H groups in total. The number of benzene rings is 1. The fourth-order valence-electron chi connectivity index (χ4n) is 0.994. The van der Waals surface area contributed by atoms with Crippen LogP contribution < -0.4 is 5.73 Å². The van der Waals surface area contributed by atoms with Crippen LogP contribution in [-0.2, 0) is 9.84 Å². The van der Waals surface area contributed by atoms with Crippen molar-refractivity contribution in [2.75, 3.05) is 12.1 Å². The van der Waals surface area contributed by atoms with E-state index in [-0.39, 0.29) is 22.3 Å². The van der Waals surface area contributed by atoms with Crippen LogP contribution in [0.15, 0.2) is 28.1 Å². The Kier molecular flexibility index (Phi) is 3.88. The summed E-state index contributed by atoms with van der Waals surface area (Å²) < 4.78 is 35.7. The zero-order chi connectivity index (χ0) is 12.3. The highest BCUT2D eigenvalue weighted by Gasteiger charge is 2.10. The summed E-state index contributed by atoms with van der Waals surface area (Å²) in [6, 6.07) is 3.40. The van der Waals surface area contributed by atoms with Crippen molar-refractivity contribution in [3.8, 4) is 0 Å². The summed E-state index contributed by atoms with van der Waals surface area (Å²) in [4.78, 5) is 3.59. The molecule has 0 unspecified atom stereocenters. The van der Waals surface area contributed by atoms with Gasteiger partial charge in [-0.3, -0.25) is 0 Å². The average Bonchev–Trinajstić information content (AvgIpc) is 2.19. The molecule has 4 nitrogen and oxygen atoms in total. The molecule has 0 heterocycles. The molecule has 1 aromatic carbocycles. The molecule has 1 rings (SSSR count). The van der Waals surface area contributed by atoms with Crippen molar-refractivity contribution in [2.45, 2.75) is 4.90 Å². The van der Waals surface area contributed by atoms with Gasteiger partial charge in [0.25, 0.3) is 0 Å². The van der Waals surface area contributed by atoms with Crippen LogP contribution in [0.4, 0.5) is 10.1 Å². The minimum absolute atomic E-state index is 0.0206. The number of nitrogens with two attached hydrogens (primary N) is 1. The largest absolute Gasteiger partial charge is 0.386 e. The Hall–Kier alpha value is -1.14. The molecule has 0 aromatic heterocycles. The van der Waals surface area contributed by atoms with Gasteiger partial charge in [0.1, 0.15) is 17.3 Å². The van der Waals surface area contributed by atoms with Crippen LogP contribution in [-0.4, -0.2) is 26.4 Å². The molecule has 0 saturated carbocycles. The first-order valence-corrected chi connectivity index (χ1v) is 6.66. The van der Waals surface area contributed by atoms with E-state index in [0.717, 1.165) is 12.3 Å². The third-order valence-electron chi connectivity index (χ3n) is 1.75. The van der Waals surface area contributed by atoms with Crippen molar-refractivity contribution in [1.82, 2.24) is 0 Å². The Balaban J connectivity index is 3.21. The maximum Gasteiger partial charge on any atom is 0.175 e. The molecule has 1 aromatic rings. The Bertz CT molecular complexity index is 528. The zero-order valence-corrected chi connectivity index (χ0v) is 10.0. The number of aliphatic imine (C=N–C) groups is 1. The number of rotatable bonds is 3. The van der Waals surface area contributed by atoms with Crippen molar-refractivity contribution in [3.63, 3.8) is 0 Å². The van der Waals surface area contributed by atoms with E-state index in [4.69, 9.17) is 17.3 Å². The van der Waals surface area contributed by atoms with Gasteiger partial charge in [-0.05, 0) is 18.2 Å². The summed E-state index contributed by atoms with van der Waals surface area (Å²) >= 11 is 5.38. The van der Waals surface area contributed by atoms with Crippen LogP contribution >= 0.6 is 11.6 Å². The summed E-state index contributed by atoms with van der Waals surface area (Å²) in [6.45, 7) is 0. The van der Waals surface area contributed by atoms with Crippen molar-refractivity contribution in [3.05, 3.63) is 24.0 Å². The Labute approximate surface area is 97.9 Å². The standard InChI is InChI=1S/C9H10ClFN2O2S/c1-16(14,15)6-2-3-8(7(11)4-6)13-9(12)5-10/h2-4H,5H2,1H3,(H2,12,13). The Morgan fingerprint density at radius 1 is 1.56 bits per heavy atom. The molecule has 0 saturated heterocycles. The molecule has 0 fully saturated rings. The van der Waals surface area contributed by atoms with Gasteiger partial charge in [-0.25, -0.2) is 17.8 Å². The van der Waals surface area contributed by atoms with Crippen LogP contribution in [0, 0.1) is 5.82 Å². The molecule has 0 aliphatic carbocycles. The van der Waals surface area contributed by atoms with E-state index in [1.54, 1.807) is 0 Å². The number of alkyl halides is 1. The van der Waals surface area contributed by atoms with E-state index >= 15 is 0 Å². The van der Waals surface area contributed by atoms with Gasteiger partial charge in [-0.1, -0.05) is 0 Å². The van der Waals surface area contributed by atoms with Crippen molar-refractivity contribution >= 4 is 33.0 Å². The summed E-state index contributed by atoms with van der Waals surface area (Å²) in [7, 11) is -3.42. The topological polar surface area (TPSA) is 72.5 Å². The molecule has 0 aliphatic heterocycles. The molecule has 7 heteroatoms. The van der Waals surface area contributed by atoms with Gasteiger partial charge in [0, 0.05) is 6.26 Å². The molecule has 0 radical (unpaired) electrons. The fourth-order valence-corrected chi connectivity index (χ4v) is 1.69. The molecule has 88 valence electrons. The average molecular weight is 265 g/mol. The van der Waals surface area contributed by atoms with Gasteiger partial charge >= 0.3 is 0 Å².